The van der Waals surface area contributed by atoms with Gasteiger partial charge in [-0.25, -0.2) is 4.98 Å². The second-order valence-corrected chi connectivity index (χ2v) is 8.25. The fraction of sp³-hybridized carbons (Fsp3) is 0.444. The molecule has 1 aliphatic carbocycles. The normalized spacial score (nSPS) is 24.9. The van der Waals surface area contributed by atoms with Crippen molar-refractivity contribution in [1.29, 1.82) is 0 Å². The smallest absolute Gasteiger partial charge is 0.265 e. The van der Waals surface area contributed by atoms with Gasteiger partial charge in [-0.1, -0.05) is 23.7 Å². The largest absolute Gasteiger partial charge is 0.337 e. The van der Waals surface area contributed by atoms with E-state index in [1.807, 2.05) is 36.1 Å². The molecule has 1 aromatic carbocycles. The number of rotatable bonds is 2. The van der Waals surface area contributed by atoms with Crippen LogP contribution in [0.25, 0.3) is 10.6 Å². The number of hydrogen-bond acceptors (Lipinski definition) is 4. The van der Waals surface area contributed by atoms with Crippen LogP contribution < -0.4 is 5.73 Å². The number of nitrogens with zero attached hydrogens (tertiary/aromatic N) is 2. The lowest BCUT2D eigenvalue weighted by atomic mass is 9.98. The van der Waals surface area contributed by atoms with Gasteiger partial charge in [-0.15, -0.1) is 23.7 Å². The van der Waals surface area contributed by atoms with E-state index in [1.54, 1.807) is 0 Å². The average Bonchev–Trinajstić information content (AvgIpc) is 3.24. The van der Waals surface area contributed by atoms with Gasteiger partial charge in [-0.3, -0.25) is 4.79 Å². The number of hydrogen-bond donors (Lipinski definition) is 1. The fourth-order valence-electron chi connectivity index (χ4n) is 3.93. The van der Waals surface area contributed by atoms with E-state index < -0.39 is 0 Å². The quantitative estimate of drug-likeness (QED) is 0.832. The van der Waals surface area contributed by atoms with Gasteiger partial charge in [0, 0.05) is 29.7 Å². The van der Waals surface area contributed by atoms with Crippen LogP contribution in [0.3, 0.4) is 0 Å². The van der Waals surface area contributed by atoms with Gasteiger partial charge >= 0.3 is 0 Å². The van der Waals surface area contributed by atoms with E-state index in [9.17, 15) is 4.79 Å². The SMILES string of the molecule is Cc1nc(-c2ccc(Cl)cc2)sc1C(=O)N1CC2CCC(N)C2C1.Cl. The summed E-state index contributed by atoms with van der Waals surface area (Å²) in [4.78, 5) is 20.2. The first-order valence-electron chi connectivity index (χ1n) is 8.31. The first-order valence-corrected chi connectivity index (χ1v) is 9.50. The van der Waals surface area contributed by atoms with Crippen LogP contribution in [0.2, 0.25) is 5.02 Å². The highest BCUT2D eigenvalue weighted by atomic mass is 35.5. The number of amides is 1. The summed E-state index contributed by atoms with van der Waals surface area (Å²) in [5.41, 5.74) is 7.98. The number of nitrogens with two attached hydrogens (primary N) is 1. The molecule has 2 N–H and O–H groups in total. The van der Waals surface area contributed by atoms with Gasteiger partial charge in [0.05, 0.1) is 5.69 Å². The predicted molar refractivity (Wildman–Crippen MR) is 105 cm³/mol. The number of likely N-dealkylation sites (tertiary alicyclic amines) is 1. The summed E-state index contributed by atoms with van der Waals surface area (Å²) < 4.78 is 0. The summed E-state index contributed by atoms with van der Waals surface area (Å²) in [7, 11) is 0. The molecule has 4 nitrogen and oxygen atoms in total. The molecule has 2 fully saturated rings. The second-order valence-electron chi connectivity index (χ2n) is 6.82. The fourth-order valence-corrected chi connectivity index (χ4v) is 5.09. The predicted octanol–water partition coefficient (Wildman–Crippen LogP) is 4.00. The molecule has 2 heterocycles. The maximum atomic E-state index is 12.9. The number of fused-ring (bicyclic) bond motifs is 1. The van der Waals surface area contributed by atoms with Crippen LogP contribution in [-0.4, -0.2) is 34.9 Å². The molecule has 0 bridgehead atoms. The molecule has 3 atom stereocenters. The molecule has 3 unspecified atom stereocenters. The van der Waals surface area contributed by atoms with Crippen molar-refractivity contribution in [3.8, 4) is 10.6 Å². The third kappa shape index (κ3) is 3.43. The van der Waals surface area contributed by atoms with Gasteiger partial charge in [0.25, 0.3) is 5.91 Å². The number of aromatic nitrogens is 1. The minimum atomic E-state index is 0. The standard InChI is InChI=1S/C18H20ClN3OS.ClH/c1-10-16(24-17(21-10)11-2-5-13(19)6-3-11)18(23)22-8-12-4-7-15(20)14(12)9-22;/h2-3,5-6,12,14-15H,4,7-9,20H2,1H3;1H. The van der Waals surface area contributed by atoms with Crippen molar-refractivity contribution in [3.63, 3.8) is 0 Å². The Hall–Kier alpha value is -1.14. The van der Waals surface area contributed by atoms with Crippen molar-refractivity contribution in [1.82, 2.24) is 9.88 Å². The Morgan fingerprint density at radius 2 is 2.00 bits per heavy atom. The molecule has 25 heavy (non-hydrogen) atoms. The molecule has 2 aromatic rings. The van der Waals surface area contributed by atoms with E-state index in [4.69, 9.17) is 17.3 Å². The highest BCUT2D eigenvalue weighted by molar-refractivity contribution is 7.17. The number of thiazole rings is 1. The Labute approximate surface area is 162 Å². The lowest BCUT2D eigenvalue weighted by Gasteiger charge is -2.18. The minimum Gasteiger partial charge on any atom is -0.337 e. The van der Waals surface area contributed by atoms with Crippen LogP contribution in [0.15, 0.2) is 24.3 Å². The van der Waals surface area contributed by atoms with Gasteiger partial charge < -0.3 is 10.6 Å². The van der Waals surface area contributed by atoms with Crippen LogP contribution in [0.4, 0.5) is 0 Å². The topological polar surface area (TPSA) is 59.2 Å². The summed E-state index contributed by atoms with van der Waals surface area (Å²) >= 11 is 7.41. The van der Waals surface area contributed by atoms with Crippen molar-refractivity contribution in [2.75, 3.05) is 13.1 Å². The van der Waals surface area contributed by atoms with Crippen molar-refractivity contribution in [2.45, 2.75) is 25.8 Å². The number of aryl methyl sites for hydroxylation is 1. The van der Waals surface area contributed by atoms with Crippen LogP contribution in [0, 0.1) is 18.8 Å². The number of carbonyl (C=O) groups excluding carboxylic acids is 1. The molecule has 2 aliphatic rings. The van der Waals surface area contributed by atoms with E-state index in [0.717, 1.165) is 47.1 Å². The summed E-state index contributed by atoms with van der Waals surface area (Å²) in [6.07, 6.45) is 2.24. The summed E-state index contributed by atoms with van der Waals surface area (Å²) in [6.45, 7) is 3.54. The van der Waals surface area contributed by atoms with E-state index >= 15 is 0 Å². The van der Waals surface area contributed by atoms with Crippen LogP contribution in [-0.2, 0) is 0 Å². The molecule has 1 amide bonds. The van der Waals surface area contributed by atoms with E-state index in [-0.39, 0.29) is 24.4 Å². The molecule has 0 radical (unpaired) electrons. The molecule has 1 aromatic heterocycles. The molecule has 4 rings (SSSR count). The van der Waals surface area contributed by atoms with Crippen molar-refractivity contribution in [2.24, 2.45) is 17.6 Å². The molecular weight excluding hydrogens is 377 g/mol. The third-order valence-corrected chi connectivity index (χ3v) is 6.73. The van der Waals surface area contributed by atoms with E-state index in [1.165, 1.54) is 11.3 Å². The maximum absolute atomic E-state index is 12.9. The molecule has 1 saturated heterocycles. The Bertz CT molecular complexity index is 777. The van der Waals surface area contributed by atoms with Crippen molar-refractivity contribution >= 4 is 41.3 Å². The van der Waals surface area contributed by atoms with Crippen LogP contribution in [0.1, 0.15) is 28.2 Å². The average molecular weight is 398 g/mol. The van der Waals surface area contributed by atoms with E-state index in [2.05, 4.69) is 4.98 Å². The maximum Gasteiger partial charge on any atom is 0.265 e. The van der Waals surface area contributed by atoms with Gasteiger partial charge in [0.15, 0.2) is 0 Å². The van der Waals surface area contributed by atoms with Crippen molar-refractivity contribution in [3.05, 3.63) is 39.9 Å². The first kappa shape index (κ1) is 18.6. The highest BCUT2D eigenvalue weighted by Crippen LogP contribution is 2.38. The number of halogens is 2. The molecule has 1 saturated carbocycles. The highest BCUT2D eigenvalue weighted by Gasteiger charge is 2.43. The van der Waals surface area contributed by atoms with Crippen LogP contribution >= 0.6 is 35.3 Å². The summed E-state index contributed by atoms with van der Waals surface area (Å²) in [6, 6.07) is 7.82. The first-order chi connectivity index (χ1) is 11.5. The van der Waals surface area contributed by atoms with Crippen LogP contribution in [0.5, 0.6) is 0 Å². The van der Waals surface area contributed by atoms with E-state index in [0.29, 0.717) is 16.9 Å². The molecule has 7 heteroatoms. The Balaban J connectivity index is 0.00000182. The Morgan fingerprint density at radius 3 is 2.68 bits per heavy atom. The summed E-state index contributed by atoms with van der Waals surface area (Å²) in [5, 5.41) is 1.56. The van der Waals surface area contributed by atoms with Crippen molar-refractivity contribution < 1.29 is 4.79 Å². The molecule has 1 aliphatic heterocycles. The Morgan fingerprint density at radius 1 is 1.28 bits per heavy atom. The minimum absolute atomic E-state index is 0. The molecular formula is C18H21Cl2N3OS. The monoisotopic (exact) mass is 397 g/mol. The number of benzene rings is 1. The third-order valence-electron chi connectivity index (χ3n) is 5.28. The lowest BCUT2D eigenvalue weighted by molar-refractivity contribution is 0.0783. The Kier molecular flexibility index (Phi) is 5.40. The lowest BCUT2D eigenvalue weighted by Crippen LogP contribution is -2.33. The zero-order valence-electron chi connectivity index (χ0n) is 13.9. The zero-order chi connectivity index (χ0) is 16.8. The van der Waals surface area contributed by atoms with Gasteiger partial charge in [0.2, 0.25) is 0 Å². The zero-order valence-corrected chi connectivity index (χ0v) is 16.3. The number of carbonyl (C=O) groups is 1. The summed E-state index contributed by atoms with van der Waals surface area (Å²) in [5.74, 6) is 1.15. The molecule has 0 spiro atoms. The van der Waals surface area contributed by atoms with Gasteiger partial charge in [0.1, 0.15) is 9.88 Å². The molecule has 134 valence electrons. The van der Waals surface area contributed by atoms with Gasteiger partial charge in [-0.2, -0.15) is 0 Å². The van der Waals surface area contributed by atoms with Gasteiger partial charge in [-0.05, 0) is 43.7 Å². The second kappa shape index (κ2) is 7.23.